The maximum absolute atomic E-state index is 12.7. The zero-order chi connectivity index (χ0) is 14.2. The molecule has 4 rings (SSSR count). The normalized spacial score (nSPS) is 17.0. The van der Waals surface area contributed by atoms with E-state index >= 15 is 0 Å². The van der Waals surface area contributed by atoms with Crippen molar-refractivity contribution in [2.75, 3.05) is 5.75 Å². The summed E-state index contributed by atoms with van der Waals surface area (Å²) < 4.78 is 1.27. The highest BCUT2D eigenvalue weighted by Crippen LogP contribution is 2.40. The number of thiophene rings is 1. The number of fused-ring (bicyclic) bond motifs is 2. The number of thioether (sulfide) groups is 1. The van der Waals surface area contributed by atoms with Gasteiger partial charge in [0, 0.05) is 21.8 Å². The molecule has 3 heteroatoms. The van der Waals surface area contributed by atoms with E-state index in [1.54, 1.807) is 23.1 Å². The third-order valence-corrected chi connectivity index (χ3v) is 6.21. The third kappa shape index (κ3) is 2.30. The van der Waals surface area contributed by atoms with Crippen molar-refractivity contribution < 1.29 is 4.79 Å². The van der Waals surface area contributed by atoms with Gasteiger partial charge in [-0.3, -0.25) is 4.79 Å². The maximum Gasteiger partial charge on any atom is 0.145 e. The lowest BCUT2D eigenvalue weighted by atomic mass is 9.93. The van der Waals surface area contributed by atoms with Crippen molar-refractivity contribution in [2.45, 2.75) is 17.2 Å². The first-order chi connectivity index (χ1) is 10.3. The van der Waals surface area contributed by atoms with E-state index in [1.807, 2.05) is 24.3 Å². The standard InChI is InChI=1S/C18H14OS2/c19-16(15-11-21-18-8-4-2-6-14(15)18)9-12-10-20-17-7-3-1-5-13(12)17/h1-8,10,15H,9,11H2. The van der Waals surface area contributed by atoms with Crippen LogP contribution in [0.2, 0.25) is 0 Å². The Labute approximate surface area is 132 Å². The van der Waals surface area contributed by atoms with Crippen LogP contribution in [0.25, 0.3) is 10.1 Å². The van der Waals surface area contributed by atoms with E-state index < -0.39 is 0 Å². The van der Waals surface area contributed by atoms with E-state index in [4.69, 9.17) is 0 Å². The summed E-state index contributed by atoms with van der Waals surface area (Å²) in [5.41, 5.74) is 2.39. The van der Waals surface area contributed by atoms with Gasteiger partial charge >= 0.3 is 0 Å². The highest BCUT2D eigenvalue weighted by molar-refractivity contribution is 7.99. The minimum Gasteiger partial charge on any atom is -0.299 e. The van der Waals surface area contributed by atoms with E-state index in [0.717, 1.165) is 5.75 Å². The Bertz CT molecular complexity index is 819. The van der Waals surface area contributed by atoms with Gasteiger partial charge in [-0.1, -0.05) is 36.4 Å². The second-order valence-corrected chi connectivity index (χ2v) is 7.27. The van der Waals surface area contributed by atoms with Crippen molar-refractivity contribution in [3.8, 4) is 0 Å². The van der Waals surface area contributed by atoms with Crippen molar-refractivity contribution in [1.82, 2.24) is 0 Å². The van der Waals surface area contributed by atoms with Gasteiger partial charge in [0.15, 0.2) is 0 Å². The fourth-order valence-electron chi connectivity index (χ4n) is 2.91. The second kappa shape index (κ2) is 5.32. The van der Waals surface area contributed by atoms with Gasteiger partial charge < -0.3 is 0 Å². The Kier molecular flexibility index (Phi) is 3.32. The number of carbonyl (C=O) groups is 1. The summed E-state index contributed by atoms with van der Waals surface area (Å²) in [5.74, 6) is 1.29. The van der Waals surface area contributed by atoms with Gasteiger partial charge in [0.25, 0.3) is 0 Å². The van der Waals surface area contributed by atoms with Crippen molar-refractivity contribution in [3.63, 3.8) is 0 Å². The highest BCUT2D eigenvalue weighted by Gasteiger charge is 2.28. The fourth-order valence-corrected chi connectivity index (χ4v) is 5.14. The van der Waals surface area contributed by atoms with Crippen molar-refractivity contribution in [3.05, 3.63) is 65.0 Å². The lowest BCUT2D eigenvalue weighted by Gasteiger charge is -2.09. The monoisotopic (exact) mass is 310 g/mol. The maximum atomic E-state index is 12.7. The van der Waals surface area contributed by atoms with Crippen LogP contribution < -0.4 is 0 Å². The molecule has 0 amide bonds. The van der Waals surface area contributed by atoms with Crippen LogP contribution in [0, 0.1) is 0 Å². The number of hydrogen-bond donors (Lipinski definition) is 0. The molecule has 1 aliphatic heterocycles. The fraction of sp³-hybridized carbons (Fsp3) is 0.167. The summed E-state index contributed by atoms with van der Waals surface area (Å²) in [6.07, 6.45) is 0.545. The van der Waals surface area contributed by atoms with Crippen LogP contribution in [0.4, 0.5) is 0 Å². The Morgan fingerprint density at radius 3 is 2.86 bits per heavy atom. The molecule has 1 nitrogen and oxygen atoms in total. The Morgan fingerprint density at radius 2 is 1.90 bits per heavy atom. The van der Waals surface area contributed by atoms with Crippen LogP contribution in [-0.2, 0) is 11.2 Å². The topological polar surface area (TPSA) is 17.1 Å². The predicted molar refractivity (Wildman–Crippen MR) is 90.4 cm³/mol. The van der Waals surface area contributed by atoms with Crippen molar-refractivity contribution in [1.29, 1.82) is 0 Å². The average Bonchev–Trinajstić information content (AvgIpc) is 3.12. The number of hydrogen-bond acceptors (Lipinski definition) is 3. The third-order valence-electron chi connectivity index (χ3n) is 4.01. The molecule has 2 aromatic carbocycles. The van der Waals surface area contributed by atoms with Gasteiger partial charge in [-0.2, -0.15) is 0 Å². The quantitative estimate of drug-likeness (QED) is 0.684. The summed E-state index contributed by atoms with van der Waals surface area (Å²) >= 11 is 3.53. The highest BCUT2D eigenvalue weighted by atomic mass is 32.2. The van der Waals surface area contributed by atoms with Crippen LogP contribution >= 0.6 is 23.1 Å². The van der Waals surface area contributed by atoms with Gasteiger partial charge in [0.2, 0.25) is 0 Å². The molecule has 1 aliphatic rings. The van der Waals surface area contributed by atoms with E-state index in [2.05, 4.69) is 29.6 Å². The Balaban J connectivity index is 1.62. The van der Waals surface area contributed by atoms with E-state index in [-0.39, 0.29) is 5.92 Å². The van der Waals surface area contributed by atoms with Gasteiger partial charge in [-0.15, -0.1) is 23.1 Å². The minimum absolute atomic E-state index is 0.0601. The van der Waals surface area contributed by atoms with Crippen LogP contribution in [0.15, 0.2) is 58.8 Å². The van der Waals surface area contributed by atoms with Gasteiger partial charge in [0.1, 0.15) is 5.78 Å². The van der Waals surface area contributed by atoms with Crippen LogP contribution in [0.5, 0.6) is 0 Å². The molecule has 0 spiro atoms. The molecule has 0 saturated heterocycles. The molecule has 104 valence electrons. The van der Waals surface area contributed by atoms with Gasteiger partial charge in [-0.05, 0) is 34.0 Å². The van der Waals surface area contributed by atoms with Crippen LogP contribution in [-0.4, -0.2) is 11.5 Å². The van der Waals surface area contributed by atoms with E-state index in [9.17, 15) is 4.79 Å². The average molecular weight is 310 g/mol. The summed E-state index contributed by atoms with van der Waals surface area (Å²) in [7, 11) is 0. The first-order valence-electron chi connectivity index (χ1n) is 7.02. The number of ketones is 1. The lowest BCUT2D eigenvalue weighted by molar-refractivity contribution is -0.119. The summed E-state index contributed by atoms with van der Waals surface area (Å²) in [6.45, 7) is 0. The number of carbonyl (C=O) groups excluding carboxylic acids is 1. The largest absolute Gasteiger partial charge is 0.299 e. The molecule has 1 aromatic heterocycles. The smallest absolute Gasteiger partial charge is 0.145 e. The van der Waals surface area contributed by atoms with E-state index in [1.165, 1.54) is 26.1 Å². The molecule has 0 aliphatic carbocycles. The summed E-state index contributed by atoms with van der Waals surface area (Å²) in [6, 6.07) is 16.6. The molecule has 0 radical (unpaired) electrons. The zero-order valence-electron chi connectivity index (χ0n) is 11.4. The molecule has 0 saturated carbocycles. The minimum atomic E-state index is 0.0601. The Morgan fingerprint density at radius 1 is 1.10 bits per heavy atom. The van der Waals surface area contributed by atoms with Gasteiger partial charge in [0.05, 0.1) is 5.92 Å². The molecule has 0 bridgehead atoms. The van der Waals surface area contributed by atoms with Crippen LogP contribution in [0.3, 0.4) is 0 Å². The first kappa shape index (κ1) is 13.1. The molecule has 1 unspecified atom stereocenters. The lowest BCUT2D eigenvalue weighted by Crippen LogP contribution is -2.14. The molecule has 3 aromatic rings. The van der Waals surface area contributed by atoms with E-state index in [0.29, 0.717) is 12.2 Å². The predicted octanol–water partition coefficient (Wildman–Crippen LogP) is 4.90. The summed E-state index contributed by atoms with van der Waals surface area (Å²) in [4.78, 5) is 14.0. The molecule has 1 atom stereocenters. The molecule has 0 N–H and O–H groups in total. The first-order valence-corrected chi connectivity index (χ1v) is 8.89. The second-order valence-electron chi connectivity index (χ2n) is 5.30. The summed E-state index contributed by atoms with van der Waals surface area (Å²) in [5, 5.41) is 3.37. The van der Waals surface area contributed by atoms with Crippen molar-refractivity contribution >= 4 is 39.0 Å². The molecule has 2 heterocycles. The molecule has 21 heavy (non-hydrogen) atoms. The van der Waals surface area contributed by atoms with Crippen LogP contribution in [0.1, 0.15) is 17.0 Å². The molecule has 0 fully saturated rings. The Hall–Kier alpha value is -1.58. The number of rotatable bonds is 3. The molecular weight excluding hydrogens is 296 g/mol. The molecular formula is C18H14OS2. The number of Topliss-reactive ketones (excluding diaryl/α,β-unsaturated/α-hetero) is 1. The SMILES string of the molecule is O=C(Cc1csc2ccccc12)C1CSc2ccccc21. The van der Waals surface area contributed by atoms with Crippen molar-refractivity contribution in [2.24, 2.45) is 0 Å². The zero-order valence-corrected chi connectivity index (χ0v) is 13.0. The van der Waals surface area contributed by atoms with Gasteiger partial charge in [-0.25, -0.2) is 0 Å². The number of benzene rings is 2.